The van der Waals surface area contributed by atoms with Crippen molar-refractivity contribution in [3.63, 3.8) is 0 Å². The van der Waals surface area contributed by atoms with Gasteiger partial charge in [-0.15, -0.1) is 11.3 Å². The third-order valence-electron chi connectivity index (χ3n) is 2.77. The molecule has 0 aliphatic rings. The molecule has 0 spiro atoms. The molecule has 1 nitrogen and oxygen atoms in total. The Morgan fingerprint density at radius 2 is 2.31 bits per heavy atom. The number of hydrogen-bond acceptors (Lipinski definition) is 2. The van der Waals surface area contributed by atoms with Crippen LogP contribution in [0.5, 0.6) is 0 Å². The lowest BCUT2D eigenvalue weighted by Crippen LogP contribution is -2.28. The van der Waals surface area contributed by atoms with Crippen LogP contribution < -0.4 is 0 Å². The molecule has 0 amide bonds. The molecule has 0 aromatic carbocycles. The van der Waals surface area contributed by atoms with Crippen molar-refractivity contribution in [2.75, 3.05) is 5.33 Å². The summed E-state index contributed by atoms with van der Waals surface area (Å²) in [5.74, 6) is 0.675. The molecule has 1 rings (SSSR count). The van der Waals surface area contributed by atoms with Crippen LogP contribution in [0, 0.1) is 11.3 Å². The van der Waals surface area contributed by atoms with Gasteiger partial charge in [-0.3, -0.25) is 0 Å². The van der Waals surface area contributed by atoms with E-state index in [2.05, 4.69) is 47.1 Å². The van der Waals surface area contributed by atoms with Gasteiger partial charge in [-0.2, -0.15) is 0 Å². The van der Waals surface area contributed by atoms with Crippen LogP contribution in [0.25, 0.3) is 0 Å². The van der Waals surface area contributed by atoms with Crippen molar-refractivity contribution in [2.24, 2.45) is 11.3 Å². The van der Waals surface area contributed by atoms with Gasteiger partial charge in [-0.1, -0.05) is 36.7 Å². The Bertz CT molecular complexity index is 245. The largest absolute Gasteiger partial charge is 0.250 e. The van der Waals surface area contributed by atoms with E-state index in [4.69, 9.17) is 0 Å². The van der Waals surface area contributed by atoms with Crippen LogP contribution in [0.2, 0.25) is 0 Å². The van der Waals surface area contributed by atoms with Crippen molar-refractivity contribution in [3.05, 3.63) is 16.6 Å². The predicted molar refractivity (Wildman–Crippen MR) is 62.6 cm³/mol. The maximum Gasteiger partial charge on any atom is 0.0794 e. The average Bonchev–Trinajstić information content (AvgIpc) is 2.56. The third-order valence-corrected chi connectivity index (χ3v) is 4.68. The summed E-state index contributed by atoms with van der Waals surface area (Å²) in [4.78, 5) is 4.33. The number of rotatable bonds is 4. The van der Waals surface area contributed by atoms with Gasteiger partial charge >= 0.3 is 0 Å². The molecule has 1 aromatic rings. The average molecular weight is 262 g/mol. The van der Waals surface area contributed by atoms with Crippen LogP contribution in [0.15, 0.2) is 10.9 Å². The van der Waals surface area contributed by atoms with E-state index in [0.29, 0.717) is 11.3 Å². The normalized spacial score (nSPS) is 16.1. The van der Waals surface area contributed by atoms with E-state index in [1.54, 1.807) is 11.3 Å². The van der Waals surface area contributed by atoms with Crippen molar-refractivity contribution in [1.82, 2.24) is 4.98 Å². The standard InChI is InChI=1S/C10H16BrNS/c1-8(2)10(3,6-11)4-9-5-13-7-12-9/h5,7-8H,4,6H2,1-3H3. The molecule has 13 heavy (non-hydrogen) atoms. The molecule has 0 fully saturated rings. The van der Waals surface area contributed by atoms with Gasteiger partial charge < -0.3 is 0 Å². The number of nitrogens with zero attached hydrogens (tertiary/aromatic N) is 1. The third kappa shape index (κ3) is 2.78. The Morgan fingerprint density at radius 1 is 1.62 bits per heavy atom. The zero-order chi connectivity index (χ0) is 9.90. The quantitative estimate of drug-likeness (QED) is 0.753. The zero-order valence-corrected chi connectivity index (χ0v) is 10.8. The molecule has 1 atom stereocenters. The van der Waals surface area contributed by atoms with Crippen LogP contribution in [0.4, 0.5) is 0 Å². The molecule has 0 N–H and O–H groups in total. The van der Waals surface area contributed by atoms with Gasteiger partial charge in [0.05, 0.1) is 11.2 Å². The van der Waals surface area contributed by atoms with Crippen molar-refractivity contribution < 1.29 is 0 Å². The number of hydrogen-bond donors (Lipinski definition) is 0. The molecule has 3 heteroatoms. The van der Waals surface area contributed by atoms with Gasteiger partial charge in [0.2, 0.25) is 0 Å². The van der Waals surface area contributed by atoms with Gasteiger partial charge in [-0.05, 0) is 17.8 Å². The topological polar surface area (TPSA) is 12.9 Å². The highest BCUT2D eigenvalue weighted by atomic mass is 79.9. The van der Waals surface area contributed by atoms with Gasteiger partial charge in [0.25, 0.3) is 0 Å². The van der Waals surface area contributed by atoms with Gasteiger partial charge in [-0.25, -0.2) is 4.98 Å². The highest BCUT2D eigenvalue weighted by Crippen LogP contribution is 2.32. The lowest BCUT2D eigenvalue weighted by molar-refractivity contribution is 0.256. The first-order chi connectivity index (χ1) is 6.08. The van der Waals surface area contributed by atoms with Gasteiger partial charge in [0.1, 0.15) is 0 Å². The molecule has 0 bridgehead atoms. The lowest BCUT2D eigenvalue weighted by atomic mass is 9.77. The zero-order valence-electron chi connectivity index (χ0n) is 8.38. The maximum absolute atomic E-state index is 4.33. The maximum atomic E-state index is 4.33. The summed E-state index contributed by atoms with van der Waals surface area (Å²) in [7, 11) is 0. The summed E-state index contributed by atoms with van der Waals surface area (Å²) in [6.07, 6.45) is 1.07. The molecule has 1 unspecified atom stereocenters. The highest BCUT2D eigenvalue weighted by Gasteiger charge is 2.27. The fourth-order valence-corrected chi connectivity index (χ4v) is 2.55. The van der Waals surface area contributed by atoms with Crippen LogP contribution >= 0.6 is 27.3 Å². The van der Waals surface area contributed by atoms with Crippen LogP contribution in [-0.4, -0.2) is 10.3 Å². The molecule has 1 heterocycles. The minimum atomic E-state index is 0.327. The Balaban J connectivity index is 2.69. The summed E-state index contributed by atoms with van der Waals surface area (Å²) >= 11 is 5.27. The molecule has 0 aliphatic heterocycles. The van der Waals surface area contributed by atoms with Gasteiger partial charge in [0.15, 0.2) is 0 Å². The van der Waals surface area contributed by atoms with Crippen molar-refractivity contribution in [1.29, 1.82) is 0 Å². The fraction of sp³-hybridized carbons (Fsp3) is 0.700. The number of thiazole rings is 1. The second kappa shape index (κ2) is 4.56. The predicted octanol–water partition coefficient (Wildman–Crippen LogP) is 3.74. The Hall–Kier alpha value is 0.110. The van der Waals surface area contributed by atoms with Crippen molar-refractivity contribution >= 4 is 27.3 Å². The number of halogens is 1. The summed E-state index contributed by atoms with van der Waals surface area (Å²) in [5.41, 5.74) is 3.46. The van der Waals surface area contributed by atoms with Crippen molar-refractivity contribution in [3.8, 4) is 0 Å². The SMILES string of the molecule is CC(C)C(C)(CBr)Cc1cscn1. The van der Waals surface area contributed by atoms with E-state index in [1.807, 2.05) is 5.51 Å². The first kappa shape index (κ1) is 11.2. The Labute approximate surface area is 92.7 Å². The number of alkyl halides is 1. The molecule has 0 saturated carbocycles. The minimum Gasteiger partial charge on any atom is -0.250 e. The van der Waals surface area contributed by atoms with E-state index in [-0.39, 0.29) is 0 Å². The Morgan fingerprint density at radius 3 is 2.69 bits per heavy atom. The van der Waals surface area contributed by atoms with Gasteiger partial charge in [0, 0.05) is 10.7 Å². The Kier molecular flexibility index (Phi) is 3.92. The second-order valence-corrected chi connectivity index (χ2v) is 5.38. The van der Waals surface area contributed by atoms with E-state index >= 15 is 0 Å². The summed E-state index contributed by atoms with van der Waals surface area (Å²) in [5, 5.41) is 3.18. The van der Waals surface area contributed by atoms with E-state index in [9.17, 15) is 0 Å². The van der Waals surface area contributed by atoms with Crippen molar-refractivity contribution in [2.45, 2.75) is 27.2 Å². The summed E-state index contributed by atoms with van der Waals surface area (Å²) in [6, 6.07) is 0. The van der Waals surface area contributed by atoms with E-state index in [0.717, 1.165) is 11.8 Å². The first-order valence-corrected chi connectivity index (χ1v) is 6.58. The monoisotopic (exact) mass is 261 g/mol. The lowest BCUT2D eigenvalue weighted by Gasteiger charge is -2.31. The molecular formula is C10H16BrNS. The minimum absolute atomic E-state index is 0.327. The number of aromatic nitrogens is 1. The van der Waals surface area contributed by atoms with Crippen LogP contribution in [0.1, 0.15) is 26.5 Å². The molecule has 1 aromatic heterocycles. The summed E-state index contributed by atoms with van der Waals surface area (Å²) < 4.78 is 0. The molecular weight excluding hydrogens is 246 g/mol. The molecule has 0 aliphatic carbocycles. The van der Waals surface area contributed by atoms with E-state index in [1.165, 1.54) is 5.69 Å². The second-order valence-electron chi connectivity index (χ2n) is 4.10. The van der Waals surface area contributed by atoms with Crippen LogP contribution in [0.3, 0.4) is 0 Å². The highest BCUT2D eigenvalue weighted by molar-refractivity contribution is 9.09. The molecule has 74 valence electrons. The summed E-state index contributed by atoms with van der Waals surface area (Å²) in [6.45, 7) is 6.85. The smallest absolute Gasteiger partial charge is 0.0794 e. The first-order valence-electron chi connectivity index (χ1n) is 4.51. The molecule has 0 radical (unpaired) electrons. The van der Waals surface area contributed by atoms with Crippen LogP contribution in [-0.2, 0) is 6.42 Å². The molecule has 0 saturated heterocycles. The fourth-order valence-electron chi connectivity index (χ4n) is 1.14. The van der Waals surface area contributed by atoms with E-state index < -0.39 is 0 Å².